The Morgan fingerprint density at radius 3 is 1.32 bits per heavy atom. The predicted molar refractivity (Wildman–Crippen MR) is 84.0 cm³/mol. The first-order valence-electron chi connectivity index (χ1n) is 10.1. The van der Waals surface area contributed by atoms with Gasteiger partial charge in [0.05, 0.1) is 11.2 Å². The summed E-state index contributed by atoms with van der Waals surface area (Å²) < 4.78 is 0. The Labute approximate surface area is 133 Å². The van der Waals surface area contributed by atoms with E-state index < -0.39 is 11.2 Å². The van der Waals surface area contributed by atoms with Crippen molar-refractivity contribution in [2.45, 2.75) is 75.4 Å². The van der Waals surface area contributed by atoms with E-state index in [0.717, 1.165) is 48.3 Å². The minimum absolute atomic E-state index is 0.424. The van der Waals surface area contributed by atoms with E-state index in [1.807, 2.05) is 0 Å². The number of aliphatic hydroxyl groups is 2. The van der Waals surface area contributed by atoms with E-state index in [0.29, 0.717) is 11.8 Å². The van der Waals surface area contributed by atoms with Crippen molar-refractivity contribution in [3.63, 3.8) is 0 Å². The van der Waals surface area contributed by atoms with Gasteiger partial charge < -0.3 is 10.2 Å². The fourth-order valence-corrected chi connectivity index (χ4v) is 9.24. The van der Waals surface area contributed by atoms with Crippen LogP contribution < -0.4 is 0 Å². The molecular weight excluding hydrogens is 272 g/mol. The van der Waals surface area contributed by atoms with Crippen molar-refractivity contribution in [2.24, 2.45) is 47.3 Å². The first-order chi connectivity index (χ1) is 10.6. The molecule has 122 valence electrons. The molecule has 0 saturated heterocycles. The third-order valence-corrected chi connectivity index (χ3v) is 9.74. The lowest BCUT2D eigenvalue weighted by Gasteiger charge is -2.47. The van der Waals surface area contributed by atoms with Crippen LogP contribution in [0.5, 0.6) is 0 Å². The molecule has 2 nitrogen and oxygen atoms in total. The molecule has 0 aliphatic heterocycles. The summed E-state index contributed by atoms with van der Waals surface area (Å²) in [5.74, 6) is 5.57. The molecule has 0 spiro atoms. The molecule has 6 rings (SSSR count). The van der Waals surface area contributed by atoms with Gasteiger partial charge in [-0.3, -0.25) is 0 Å². The molecule has 0 aromatic heterocycles. The zero-order valence-electron chi connectivity index (χ0n) is 13.6. The standard InChI is InChI=1S/C20H30O2/c21-19(9-13-3-1-11-5-7-15(19)17(11)13)20(22)10-14-4-2-12-6-8-16(20)18(12)14/h11-18,21-22H,1-10H2/t11-,12-,13-,14-,15-,16-,17+,18+,19-,20-/m0/s1. The van der Waals surface area contributed by atoms with Crippen LogP contribution in [0.25, 0.3) is 0 Å². The third-order valence-electron chi connectivity index (χ3n) is 9.74. The topological polar surface area (TPSA) is 40.5 Å². The van der Waals surface area contributed by atoms with Gasteiger partial charge in [0.1, 0.15) is 0 Å². The Balaban J connectivity index is 1.41. The molecule has 0 radical (unpaired) electrons. The lowest BCUT2D eigenvalue weighted by atomic mass is 9.67. The predicted octanol–water partition coefficient (Wildman–Crippen LogP) is 3.36. The molecule has 2 N–H and O–H groups in total. The van der Waals surface area contributed by atoms with Crippen LogP contribution in [-0.2, 0) is 0 Å². The molecule has 6 aliphatic rings. The third kappa shape index (κ3) is 1.27. The highest BCUT2D eigenvalue weighted by molar-refractivity contribution is 5.23. The normalized spacial score (nSPS) is 67.9. The minimum atomic E-state index is -0.735. The van der Waals surface area contributed by atoms with Crippen LogP contribution in [-0.4, -0.2) is 21.4 Å². The summed E-state index contributed by atoms with van der Waals surface area (Å²) in [5, 5.41) is 23.7. The lowest BCUT2D eigenvalue weighted by molar-refractivity contribution is -0.194. The molecule has 2 heteroatoms. The quantitative estimate of drug-likeness (QED) is 0.780. The van der Waals surface area contributed by atoms with Crippen molar-refractivity contribution < 1.29 is 10.2 Å². The van der Waals surface area contributed by atoms with Crippen LogP contribution in [0, 0.1) is 47.3 Å². The van der Waals surface area contributed by atoms with Crippen LogP contribution in [0.4, 0.5) is 0 Å². The van der Waals surface area contributed by atoms with Gasteiger partial charge in [0.25, 0.3) is 0 Å². The molecule has 0 unspecified atom stereocenters. The average molecular weight is 302 g/mol. The monoisotopic (exact) mass is 302 g/mol. The zero-order valence-corrected chi connectivity index (χ0v) is 13.6. The van der Waals surface area contributed by atoms with E-state index in [4.69, 9.17) is 0 Å². The molecule has 0 aromatic rings. The van der Waals surface area contributed by atoms with E-state index in [-0.39, 0.29) is 0 Å². The summed E-state index contributed by atoms with van der Waals surface area (Å²) in [7, 11) is 0. The summed E-state index contributed by atoms with van der Waals surface area (Å²) in [6.45, 7) is 0. The highest BCUT2D eigenvalue weighted by Crippen LogP contribution is 2.71. The molecular formula is C20H30O2. The molecule has 0 amide bonds. The summed E-state index contributed by atoms with van der Waals surface area (Å²) >= 11 is 0. The van der Waals surface area contributed by atoms with Gasteiger partial charge in [0.2, 0.25) is 0 Å². The van der Waals surface area contributed by atoms with Gasteiger partial charge in [-0.05, 0) is 112 Å². The average Bonchev–Trinajstić information content (AvgIpc) is 3.24. The highest BCUT2D eigenvalue weighted by atomic mass is 16.4. The van der Waals surface area contributed by atoms with Crippen molar-refractivity contribution >= 4 is 0 Å². The Morgan fingerprint density at radius 2 is 0.864 bits per heavy atom. The number of rotatable bonds is 1. The van der Waals surface area contributed by atoms with Gasteiger partial charge in [0.15, 0.2) is 0 Å². The van der Waals surface area contributed by atoms with E-state index >= 15 is 0 Å². The maximum Gasteiger partial charge on any atom is 0.0969 e. The van der Waals surface area contributed by atoms with Gasteiger partial charge in [-0.2, -0.15) is 0 Å². The van der Waals surface area contributed by atoms with E-state index in [1.165, 1.54) is 51.4 Å². The smallest absolute Gasteiger partial charge is 0.0969 e. The second-order valence-corrected chi connectivity index (χ2v) is 9.97. The van der Waals surface area contributed by atoms with Crippen LogP contribution in [0.15, 0.2) is 0 Å². The molecule has 22 heavy (non-hydrogen) atoms. The van der Waals surface area contributed by atoms with Gasteiger partial charge in [-0.25, -0.2) is 0 Å². The maximum atomic E-state index is 11.9. The maximum absolute atomic E-state index is 11.9. The summed E-state index contributed by atoms with van der Waals surface area (Å²) in [5.41, 5.74) is -1.47. The Hall–Kier alpha value is -0.0800. The van der Waals surface area contributed by atoms with E-state index in [1.54, 1.807) is 0 Å². The van der Waals surface area contributed by atoms with E-state index in [9.17, 15) is 10.2 Å². The minimum Gasteiger partial charge on any atom is -0.387 e. The Kier molecular flexibility index (Phi) is 2.37. The Morgan fingerprint density at radius 1 is 0.500 bits per heavy atom. The molecule has 6 saturated carbocycles. The van der Waals surface area contributed by atoms with Gasteiger partial charge in [0, 0.05) is 0 Å². The molecule has 6 aliphatic carbocycles. The van der Waals surface area contributed by atoms with Crippen LogP contribution in [0.1, 0.15) is 64.2 Å². The second kappa shape index (κ2) is 3.94. The van der Waals surface area contributed by atoms with Crippen LogP contribution in [0.2, 0.25) is 0 Å². The van der Waals surface area contributed by atoms with Gasteiger partial charge in [-0.15, -0.1) is 0 Å². The summed E-state index contributed by atoms with van der Waals surface area (Å²) in [4.78, 5) is 0. The van der Waals surface area contributed by atoms with Gasteiger partial charge in [-0.1, -0.05) is 0 Å². The second-order valence-electron chi connectivity index (χ2n) is 9.97. The van der Waals surface area contributed by atoms with Gasteiger partial charge >= 0.3 is 0 Å². The van der Waals surface area contributed by atoms with Crippen molar-refractivity contribution in [1.29, 1.82) is 0 Å². The highest BCUT2D eigenvalue weighted by Gasteiger charge is 2.73. The number of hydrogen-bond donors (Lipinski definition) is 2. The first-order valence-corrected chi connectivity index (χ1v) is 10.1. The van der Waals surface area contributed by atoms with Crippen molar-refractivity contribution in [2.75, 3.05) is 0 Å². The molecule has 0 heterocycles. The molecule has 10 atom stereocenters. The molecule has 6 fully saturated rings. The fraction of sp³-hybridized carbons (Fsp3) is 1.00. The largest absolute Gasteiger partial charge is 0.387 e. The molecule has 0 bridgehead atoms. The summed E-state index contributed by atoms with van der Waals surface area (Å²) in [6, 6.07) is 0. The first kappa shape index (κ1) is 13.2. The number of hydrogen-bond acceptors (Lipinski definition) is 2. The fourth-order valence-electron chi connectivity index (χ4n) is 9.24. The van der Waals surface area contributed by atoms with Crippen LogP contribution in [0.3, 0.4) is 0 Å². The zero-order chi connectivity index (χ0) is 14.7. The van der Waals surface area contributed by atoms with Crippen LogP contribution >= 0.6 is 0 Å². The van der Waals surface area contributed by atoms with Crippen molar-refractivity contribution in [3.05, 3.63) is 0 Å². The summed E-state index contributed by atoms with van der Waals surface area (Å²) in [6.07, 6.45) is 12.3. The van der Waals surface area contributed by atoms with E-state index in [2.05, 4.69) is 0 Å². The van der Waals surface area contributed by atoms with Crippen molar-refractivity contribution in [3.8, 4) is 0 Å². The lowest BCUT2D eigenvalue weighted by Crippen LogP contribution is -2.59. The molecule has 0 aromatic carbocycles. The Bertz CT molecular complexity index is 472. The van der Waals surface area contributed by atoms with Crippen molar-refractivity contribution in [1.82, 2.24) is 0 Å². The SMILES string of the molecule is O[C@@]1([C@]2(O)C[C@@H]3CC[C@H]4CC[C@H]2[C@H]43)C[C@@H]2CC[C@H]3CC[C@H]1[C@H]32.